The quantitative estimate of drug-likeness (QED) is 0.848. The molecular formula is C20H24N2O3S. The number of nitrogens with one attached hydrogen (secondary N) is 1. The van der Waals surface area contributed by atoms with Crippen molar-refractivity contribution in [3.05, 3.63) is 64.7 Å². The van der Waals surface area contributed by atoms with E-state index < -0.39 is 10.0 Å². The molecule has 5 nitrogen and oxygen atoms in total. The Morgan fingerprint density at radius 1 is 1.15 bits per heavy atom. The van der Waals surface area contributed by atoms with Crippen LogP contribution in [-0.4, -0.2) is 32.3 Å². The lowest BCUT2D eigenvalue weighted by atomic mass is 10.1. The van der Waals surface area contributed by atoms with E-state index >= 15 is 0 Å². The molecule has 3 rings (SSSR count). The fraction of sp³-hybridized carbons (Fsp3) is 0.350. The fourth-order valence-corrected chi connectivity index (χ4v) is 4.21. The number of carbonyl (C=O) groups excluding carboxylic acids is 1. The zero-order valence-corrected chi connectivity index (χ0v) is 16.1. The van der Waals surface area contributed by atoms with Crippen LogP contribution in [0.15, 0.2) is 47.4 Å². The minimum Gasteiger partial charge on any atom is -0.337 e. The van der Waals surface area contributed by atoms with E-state index in [1.165, 1.54) is 17.7 Å². The highest BCUT2D eigenvalue weighted by atomic mass is 32.2. The molecular weight excluding hydrogens is 348 g/mol. The molecule has 0 unspecified atom stereocenters. The molecule has 0 aromatic heterocycles. The van der Waals surface area contributed by atoms with Gasteiger partial charge in [0.1, 0.15) is 0 Å². The second-order valence-electron chi connectivity index (χ2n) is 7.01. The Kier molecular flexibility index (Phi) is 5.16. The summed E-state index contributed by atoms with van der Waals surface area (Å²) in [6.45, 7) is 4.53. The van der Waals surface area contributed by atoms with Crippen molar-refractivity contribution in [2.45, 2.75) is 44.2 Å². The van der Waals surface area contributed by atoms with Gasteiger partial charge in [0.25, 0.3) is 5.91 Å². The van der Waals surface area contributed by atoms with Gasteiger partial charge >= 0.3 is 0 Å². The molecule has 2 aromatic carbocycles. The highest BCUT2D eigenvalue weighted by Crippen LogP contribution is 2.23. The number of sulfonamides is 1. The average molecular weight is 372 g/mol. The van der Waals surface area contributed by atoms with Crippen LogP contribution in [0.5, 0.6) is 0 Å². The molecule has 0 atom stereocenters. The van der Waals surface area contributed by atoms with Gasteiger partial charge in [-0.15, -0.1) is 0 Å². The van der Waals surface area contributed by atoms with E-state index in [9.17, 15) is 13.2 Å². The van der Waals surface area contributed by atoms with Crippen LogP contribution in [0.3, 0.4) is 0 Å². The van der Waals surface area contributed by atoms with Crippen molar-refractivity contribution in [1.82, 2.24) is 9.62 Å². The summed E-state index contributed by atoms with van der Waals surface area (Å²) in [5.41, 5.74) is 3.76. The summed E-state index contributed by atoms with van der Waals surface area (Å²) < 4.78 is 27.4. The first-order valence-electron chi connectivity index (χ1n) is 8.70. The summed E-state index contributed by atoms with van der Waals surface area (Å²) >= 11 is 0. The summed E-state index contributed by atoms with van der Waals surface area (Å²) in [5.74, 6) is -0.201. The van der Waals surface area contributed by atoms with Crippen molar-refractivity contribution < 1.29 is 13.2 Å². The first-order valence-corrected chi connectivity index (χ1v) is 10.2. The highest BCUT2D eigenvalue weighted by molar-refractivity contribution is 7.89. The molecule has 0 saturated heterocycles. The Balaban J connectivity index is 1.77. The minimum absolute atomic E-state index is 0.0338. The number of benzene rings is 2. The number of aryl methyl sites for hydroxylation is 2. The molecule has 0 bridgehead atoms. The minimum atomic E-state index is -3.57. The number of hydrogen-bond donors (Lipinski definition) is 1. The van der Waals surface area contributed by atoms with Crippen LogP contribution in [-0.2, 0) is 16.6 Å². The van der Waals surface area contributed by atoms with Crippen LogP contribution in [0, 0.1) is 13.8 Å². The first-order chi connectivity index (χ1) is 12.3. The Labute approximate surface area is 155 Å². The highest BCUT2D eigenvalue weighted by Gasteiger charge is 2.28. The third-order valence-electron chi connectivity index (χ3n) is 4.54. The Hall–Kier alpha value is -2.18. The van der Waals surface area contributed by atoms with Gasteiger partial charge in [0.2, 0.25) is 10.0 Å². The van der Waals surface area contributed by atoms with Gasteiger partial charge in [-0.1, -0.05) is 29.8 Å². The van der Waals surface area contributed by atoms with Gasteiger partial charge < -0.3 is 4.90 Å². The van der Waals surface area contributed by atoms with Crippen LogP contribution >= 0.6 is 0 Å². The Morgan fingerprint density at radius 3 is 2.54 bits per heavy atom. The van der Waals surface area contributed by atoms with E-state index in [2.05, 4.69) is 10.8 Å². The Morgan fingerprint density at radius 2 is 1.88 bits per heavy atom. The zero-order valence-electron chi connectivity index (χ0n) is 15.3. The SMILES string of the molecule is Cc1ccc(CN(C)C(=O)c2cccc(S(=O)(=O)NC3CC3)c2)c(C)c1. The van der Waals surface area contributed by atoms with Gasteiger partial charge in [-0.3, -0.25) is 4.79 Å². The monoisotopic (exact) mass is 372 g/mol. The maximum absolute atomic E-state index is 12.8. The molecule has 1 N–H and O–H groups in total. The Bertz CT molecular complexity index is 934. The van der Waals surface area contributed by atoms with E-state index in [0.29, 0.717) is 12.1 Å². The molecule has 1 saturated carbocycles. The lowest BCUT2D eigenvalue weighted by Crippen LogP contribution is -2.28. The number of carbonyl (C=O) groups is 1. The molecule has 6 heteroatoms. The molecule has 1 aliphatic rings. The van der Waals surface area contributed by atoms with Crippen LogP contribution in [0.2, 0.25) is 0 Å². The molecule has 138 valence electrons. The van der Waals surface area contributed by atoms with Gasteiger partial charge in [0, 0.05) is 25.2 Å². The third-order valence-corrected chi connectivity index (χ3v) is 6.06. The normalized spacial score (nSPS) is 14.3. The van der Waals surface area contributed by atoms with Crippen molar-refractivity contribution in [3.63, 3.8) is 0 Å². The predicted molar refractivity (Wildman–Crippen MR) is 101 cm³/mol. The lowest BCUT2D eigenvalue weighted by molar-refractivity contribution is 0.0784. The molecule has 0 heterocycles. The van der Waals surface area contributed by atoms with Gasteiger partial charge in [-0.05, 0) is 56.0 Å². The molecule has 1 amide bonds. The maximum Gasteiger partial charge on any atom is 0.253 e. The molecule has 1 aliphatic carbocycles. The summed E-state index contributed by atoms with van der Waals surface area (Å²) in [5, 5.41) is 0. The van der Waals surface area contributed by atoms with Crippen LogP contribution in [0.4, 0.5) is 0 Å². The zero-order chi connectivity index (χ0) is 18.9. The largest absolute Gasteiger partial charge is 0.337 e. The van der Waals surface area contributed by atoms with Crippen molar-refractivity contribution in [2.75, 3.05) is 7.05 Å². The molecule has 0 radical (unpaired) electrons. The summed E-state index contributed by atoms with van der Waals surface area (Å²) in [4.78, 5) is 14.5. The first kappa shape index (κ1) is 18.6. The summed E-state index contributed by atoms with van der Waals surface area (Å²) in [6.07, 6.45) is 1.74. The summed E-state index contributed by atoms with van der Waals surface area (Å²) in [7, 11) is -1.84. The predicted octanol–water partition coefficient (Wildman–Crippen LogP) is 3.02. The number of rotatable bonds is 6. The maximum atomic E-state index is 12.8. The van der Waals surface area contributed by atoms with E-state index in [1.807, 2.05) is 26.0 Å². The molecule has 26 heavy (non-hydrogen) atoms. The van der Waals surface area contributed by atoms with Crippen LogP contribution < -0.4 is 4.72 Å². The van der Waals surface area contributed by atoms with Crippen molar-refractivity contribution in [2.24, 2.45) is 0 Å². The van der Waals surface area contributed by atoms with Crippen molar-refractivity contribution in [3.8, 4) is 0 Å². The van der Waals surface area contributed by atoms with Crippen molar-refractivity contribution in [1.29, 1.82) is 0 Å². The topological polar surface area (TPSA) is 66.5 Å². The molecule has 2 aromatic rings. The van der Waals surface area contributed by atoms with Gasteiger partial charge in [0.15, 0.2) is 0 Å². The van der Waals surface area contributed by atoms with Gasteiger partial charge in [-0.25, -0.2) is 13.1 Å². The average Bonchev–Trinajstić information content (AvgIpc) is 3.40. The molecule has 0 spiro atoms. The van der Waals surface area contributed by atoms with Gasteiger partial charge in [0.05, 0.1) is 4.90 Å². The van der Waals surface area contributed by atoms with E-state index in [1.54, 1.807) is 24.1 Å². The standard InChI is InChI=1S/C20H24N2O3S/c1-14-7-8-17(15(2)11-14)13-22(3)20(23)16-5-4-6-19(12-16)26(24,25)21-18-9-10-18/h4-8,11-12,18,21H,9-10,13H2,1-3H3. The smallest absolute Gasteiger partial charge is 0.253 e. The number of amides is 1. The molecule has 1 fully saturated rings. The van der Waals surface area contributed by atoms with Gasteiger partial charge in [-0.2, -0.15) is 0 Å². The number of hydrogen-bond acceptors (Lipinski definition) is 3. The van der Waals surface area contributed by atoms with E-state index in [-0.39, 0.29) is 16.8 Å². The third kappa shape index (κ3) is 4.31. The number of nitrogens with zero attached hydrogens (tertiary/aromatic N) is 1. The van der Waals surface area contributed by atoms with E-state index in [4.69, 9.17) is 0 Å². The fourth-order valence-electron chi connectivity index (χ4n) is 2.86. The van der Waals surface area contributed by atoms with E-state index in [0.717, 1.165) is 24.0 Å². The van der Waals surface area contributed by atoms with Crippen molar-refractivity contribution >= 4 is 15.9 Å². The van der Waals surface area contributed by atoms with Crippen LogP contribution in [0.1, 0.15) is 39.9 Å². The molecule has 0 aliphatic heterocycles. The lowest BCUT2D eigenvalue weighted by Gasteiger charge is -2.19. The summed E-state index contributed by atoms with van der Waals surface area (Å²) in [6, 6.07) is 12.4. The van der Waals surface area contributed by atoms with Crippen LogP contribution in [0.25, 0.3) is 0 Å². The second kappa shape index (κ2) is 7.21. The second-order valence-corrected chi connectivity index (χ2v) is 8.73.